The van der Waals surface area contributed by atoms with Crippen molar-refractivity contribution in [1.82, 2.24) is 5.32 Å². The number of hydrogen-bond acceptors (Lipinski definition) is 2. The average molecular weight is 157 g/mol. The summed E-state index contributed by atoms with van der Waals surface area (Å²) in [6.45, 7) is 7.30. The zero-order valence-electron chi connectivity index (χ0n) is 7.81. The molecule has 0 amide bonds. The quantitative estimate of drug-likeness (QED) is 0.649. The molecule has 0 spiro atoms. The van der Waals surface area contributed by atoms with E-state index in [4.69, 9.17) is 4.74 Å². The summed E-state index contributed by atoms with van der Waals surface area (Å²) in [6, 6.07) is 0. The largest absolute Gasteiger partial charge is 0.381 e. The summed E-state index contributed by atoms with van der Waals surface area (Å²) in [5.41, 5.74) is 0.485. The van der Waals surface area contributed by atoms with Crippen molar-refractivity contribution in [2.75, 3.05) is 26.8 Å². The lowest BCUT2D eigenvalue weighted by Crippen LogP contribution is -2.16. The molecule has 0 saturated heterocycles. The van der Waals surface area contributed by atoms with Crippen molar-refractivity contribution < 1.29 is 4.74 Å². The van der Waals surface area contributed by atoms with Crippen LogP contribution in [0.25, 0.3) is 0 Å². The van der Waals surface area contributed by atoms with Crippen LogP contribution in [-0.2, 0) is 4.74 Å². The van der Waals surface area contributed by atoms with Gasteiger partial charge in [0.1, 0.15) is 0 Å². The summed E-state index contributed by atoms with van der Waals surface area (Å²) in [4.78, 5) is 0. The van der Waals surface area contributed by atoms with Crippen LogP contribution >= 0.6 is 0 Å². The average Bonchev–Trinajstić information content (AvgIpc) is 2.60. The van der Waals surface area contributed by atoms with Crippen LogP contribution in [-0.4, -0.2) is 26.8 Å². The SMILES string of the molecule is CCOCC1(C)CC1CNC. The summed E-state index contributed by atoms with van der Waals surface area (Å²) < 4.78 is 5.41. The first-order valence-corrected chi connectivity index (χ1v) is 4.45. The monoisotopic (exact) mass is 157 g/mol. The normalized spacial score (nSPS) is 35.7. The fraction of sp³-hybridized carbons (Fsp3) is 1.00. The molecule has 1 fully saturated rings. The summed E-state index contributed by atoms with van der Waals surface area (Å²) >= 11 is 0. The van der Waals surface area contributed by atoms with E-state index in [9.17, 15) is 0 Å². The summed E-state index contributed by atoms with van der Waals surface area (Å²) in [5.74, 6) is 0.846. The van der Waals surface area contributed by atoms with Crippen LogP contribution in [0.3, 0.4) is 0 Å². The van der Waals surface area contributed by atoms with Crippen molar-refractivity contribution in [1.29, 1.82) is 0 Å². The Morgan fingerprint density at radius 1 is 1.64 bits per heavy atom. The minimum atomic E-state index is 0.485. The van der Waals surface area contributed by atoms with Gasteiger partial charge in [0.05, 0.1) is 6.61 Å². The molecular weight excluding hydrogens is 138 g/mol. The first kappa shape index (κ1) is 9.01. The Hall–Kier alpha value is -0.0800. The standard InChI is InChI=1S/C9H19NO/c1-4-11-7-9(2)5-8(9)6-10-3/h8,10H,4-7H2,1-3H3. The predicted octanol–water partition coefficient (Wildman–Crippen LogP) is 1.27. The van der Waals surface area contributed by atoms with E-state index < -0.39 is 0 Å². The Balaban J connectivity index is 2.14. The second-order valence-corrected chi connectivity index (χ2v) is 3.75. The van der Waals surface area contributed by atoms with Crippen LogP contribution in [0.2, 0.25) is 0 Å². The molecule has 0 aromatic heterocycles. The molecule has 0 aliphatic heterocycles. The first-order chi connectivity index (χ1) is 5.23. The topological polar surface area (TPSA) is 21.3 Å². The van der Waals surface area contributed by atoms with Gasteiger partial charge in [0.15, 0.2) is 0 Å². The molecule has 0 aromatic carbocycles. The Kier molecular flexibility index (Phi) is 2.90. The molecule has 2 unspecified atom stereocenters. The molecule has 0 radical (unpaired) electrons. The minimum Gasteiger partial charge on any atom is -0.381 e. The number of rotatable bonds is 5. The van der Waals surface area contributed by atoms with Crippen LogP contribution < -0.4 is 5.32 Å². The van der Waals surface area contributed by atoms with Gasteiger partial charge in [-0.05, 0) is 38.3 Å². The molecule has 2 atom stereocenters. The molecule has 1 N–H and O–H groups in total. The number of ether oxygens (including phenoxy) is 1. The molecule has 11 heavy (non-hydrogen) atoms. The van der Waals surface area contributed by atoms with Gasteiger partial charge in [-0.1, -0.05) is 6.92 Å². The fourth-order valence-corrected chi connectivity index (χ4v) is 1.58. The van der Waals surface area contributed by atoms with E-state index in [0.29, 0.717) is 5.41 Å². The molecule has 1 saturated carbocycles. The fourth-order valence-electron chi connectivity index (χ4n) is 1.58. The third-order valence-electron chi connectivity index (χ3n) is 2.62. The van der Waals surface area contributed by atoms with E-state index in [0.717, 1.165) is 25.7 Å². The highest BCUT2D eigenvalue weighted by Gasteiger charge is 2.49. The molecule has 66 valence electrons. The highest BCUT2D eigenvalue weighted by molar-refractivity contribution is 4.99. The van der Waals surface area contributed by atoms with Gasteiger partial charge in [-0.15, -0.1) is 0 Å². The van der Waals surface area contributed by atoms with Crippen molar-refractivity contribution in [3.63, 3.8) is 0 Å². The van der Waals surface area contributed by atoms with E-state index in [-0.39, 0.29) is 0 Å². The Morgan fingerprint density at radius 2 is 2.36 bits per heavy atom. The zero-order chi connectivity index (χ0) is 8.32. The summed E-state index contributed by atoms with van der Waals surface area (Å²) in [5, 5.41) is 3.21. The maximum atomic E-state index is 5.41. The molecule has 2 heteroatoms. The van der Waals surface area contributed by atoms with Crippen LogP contribution in [0.1, 0.15) is 20.3 Å². The van der Waals surface area contributed by atoms with Gasteiger partial charge in [0, 0.05) is 6.61 Å². The lowest BCUT2D eigenvalue weighted by atomic mass is 10.1. The van der Waals surface area contributed by atoms with Crippen LogP contribution in [0.5, 0.6) is 0 Å². The van der Waals surface area contributed by atoms with Crippen molar-refractivity contribution in [3.8, 4) is 0 Å². The zero-order valence-corrected chi connectivity index (χ0v) is 7.81. The van der Waals surface area contributed by atoms with E-state index in [1.807, 2.05) is 7.05 Å². The Bertz CT molecular complexity index is 127. The van der Waals surface area contributed by atoms with E-state index in [1.54, 1.807) is 0 Å². The highest BCUT2D eigenvalue weighted by Crippen LogP contribution is 2.51. The van der Waals surface area contributed by atoms with E-state index in [1.165, 1.54) is 6.42 Å². The Morgan fingerprint density at radius 3 is 2.91 bits per heavy atom. The first-order valence-electron chi connectivity index (χ1n) is 4.45. The molecule has 1 rings (SSSR count). The van der Waals surface area contributed by atoms with Gasteiger partial charge in [-0.3, -0.25) is 0 Å². The molecule has 2 nitrogen and oxygen atoms in total. The van der Waals surface area contributed by atoms with E-state index in [2.05, 4.69) is 19.2 Å². The van der Waals surface area contributed by atoms with Gasteiger partial charge < -0.3 is 10.1 Å². The van der Waals surface area contributed by atoms with Crippen molar-refractivity contribution in [2.24, 2.45) is 11.3 Å². The second-order valence-electron chi connectivity index (χ2n) is 3.75. The van der Waals surface area contributed by atoms with E-state index >= 15 is 0 Å². The van der Waals surface area contributed by atoms with Crippen molar-refractivity contribution >= 4 is 0 Å². The molecule has 0 bridgehead atoms. The van der Waals surface area contributed by atoms with Gasteiger partial charge in [0.2, 0.25) is 0 Å². The molecule has 0 aromatic rings. The van der Waals surface area contributed by atoms with Crippen molar-refractivity contribution in [3.05, 3.63) is 0 Å². The highest BCUT2D eigenvalue weighted by atomic mass is 16.5. The lowest BCUT2D eigenvalue weighted by molar-refractivity contribution is 0.101. The molecular formula is C9H19NO. The van der Waals surface area contributed by atoms with Crippen LogP contribution in [0, 0.1) is 11.3 Å². The van der Waals surface area contributed by atoms with Crippen LogP contribution in [0.15, 0.2) is 0 Å². The van der Waals surface area contributed by atoms with Gasteiger partial charge in [0.25, 0.3) is 0 Å². The van der Waals surface area contributed by atoms with Crippen LogP contribution in [0.4, 0.5) is 0 Å². The van der Waals surface area contributed by atoms with Gasteiger partial charge in [-0.2, -0.15) is 0 Å². The van der Waals surface area contributed by atoms with Gasteiger partial charge in [-0.25, -0.2) is 0 Å². The second kappa shape index (κ2) is 3.55. The molecule has 1 aliphatic carbocycles. The van der Waals surface area contributed by atoms with Gasteiger partial charge >= 0.3 is 0 Å². The summed E-state index contributed by atoms with van der Waals surface area (Å²) in [6.07, 6.45) is 1.33. The third kappa shape index (κ3) is 2.17. The predicted molar refractivity (Wildman–Crippen MR) is 46.6 cm³/mol. The molecule has 0 heterocycles. The lowest BCUT2D eigenvalue weighted by Gasteiger charge is -2.10. The minimum absolute atomic E-state index is 0.485. The molecule has 1 aliphatic rings. The maximum Gasteiger partial charge on any atom is 0.0522 e. The maximum absolute atomic E-state index is 5.41. The Labute approximate surface area is 69.3 Å². The smallest absolute Gasteiger partial charge is 0.0522 e. The number of hydrogen-bond donors (Lipinski definition) is 1. The number of nitrogens with one attached hydrogen (secondary N) is 1. The van der Waals surface area contributed by atoms with Crippen molar-refractivity contribution in [2.45, 2.75) is 20.3 Å². The third-order valence-corrected chi connectivity index (χ3v) is 2.62. The summed E-state index contributed by atoms with van der Waals surface area (Å²) in [7, 11) is 2.01.